The highest BCUT2D eigenvalue weighted by atomic mass is 35.5. The molecule has 0 spiro atoms. The van der Waals surface area contributed by atoms with Gasteiger partial charge in [0.15, 0.2) is 0 Å². The molecular weight excluding hydrogens is 593 g/mol. The Kier molecular flexibility index (Phi) is 8.41. The molecule has 2 fully saturated rings. The van der Waals surface area contributed by atoms with Crippen molar-refractivity contribution in [2.45, 2.75) is 18.9 Å². The van der Waals surface area contributed by atoms with E-state index in [4.69, 9.17) is 32.7 Å². The number of ether oxygens (including phenoxy) is 2. The molecule has 0 atom stereocenters. The fourth-order valence-corrected chi connectivity index (χ4v) is 5.25. The topological polar surface area (TPSA) is 131 Å². The van der Waals surface area contributed by atoms with Gasteiger partial charge in [-0.25, -0.2) is 24.9 Å². The van der Waals surface area contributed by atoms with E-state index in [1.807, 2.05) is 36.3 Å². The maximum Gasteiger partial charge on any atom is 0.253 e. The maximum absolute atomic E-state index is 12.9. The molecule has 1 saturated heterocycles. The van der Waals surface area contributed by atoms with Crippen LogP contribution < -0.4 is 25.2 Å². The van der Waals surface area contributed by atoms with Crippen molar-refractivity contribution in [1.29, 1.82) is 0 Å². The summed E-state index contributed by atoms with van der Waals surface area (Å²) in [4.78, 5) is 39.3. The van der Waals surface area contributed by atoms with Gasteiger partial charge in [-0.15, -0.1) is 0 Å². The van der Waals surface area contributed by atoms with Crippen LogP contribution in [0.3, 0.4) is 0 Å². The minimum Gasteiger partial charge on any atom is -0.495 e. The molecule has 43 heavy (non-hydrogen) atoms. The molecule has 1 amide bonds. The first kappa shape index (κ1) is 28.8. The number of carbonyl (C=O) groups is 1. The van der Waals surface area contributed by atoms with Crippen molar-refractivity contribution in [2.75, 3.05) is 55.6 Å². The highest BCUT2D eigenvalue weighted by Crippen LogP contribution is 2.43. The van der Waals surface area contributed by atoms with E-state index in [0.29, 0.717) is 41.9 Å². The molecule has 4 heterocycles. The number of nitrogens with zero attached hydrogens (tertiary/aromatic N) is 7. The lowest BCUT2D eigenvalue weighted by molar-refractivity contribution is 0.0951. The molecule has 4 aromatic rings. The molecule has 1 aliphatic heterocycles. The fraction of sp³-hybridized carbons (Fsp3) is 0.310. The molecule has 0 radical (unpaired) electrons. The van der Waals surface area contributed by atoms with Gasteiger partial charge in [-0.05, 0) is 31.0 Å². The first-order valence-corrected chi connectivity index (χ1v) is 14.5. The van der Waals surface area contributed by atoms with Crippen LogP contribution in [0.25, 0.3) is 11.3 Å². The smallest absolute Gasteiger partial charge is 0.253 e. The van der Waals surface area contributed by atoms with Gasteiger partial charge in [-0.2, -0.15) is 0 Å². The Morgan fingerprint density at radius 1 is 1.02 bits per heavy atom. The fourth-order valence-electron chi connectivity index (χ4n) is 4.64. The predicted octanol–water partition coefficient (Wildman–Crippen LogP) is 4.88. The van der Waals surface area contributed by atoms with Crippen molar-refractivity contribution in [2.24, 2.45) is 0 Å². The highest BCUT2D eigenvalue weighted by molar-refractivity contribution is 6.42. The minimum absolute atomic E-state index is 0.142. The number of pyridine rings is 1. The number of methoxy groups -OCH3 is 1. The zero-order chi connectivity index (χ0) is 29.9. The van der Waals surface area contributed by atoms with Gasteiger partial charge in [0.1, 0.15) is 40.9 Å². The third-order valence-corrected chi connectivity index (χ3v) is 7.99. The summed E-state index contributed by atoms with van der Waals surface area (Å²) in [7, 11) is 3.36. The second-order valence-electron chi connectivity index (χ2n) is 10.1. The van der Waals surface area contributed by atoms with Gasteiger partial charge in [0.25, 0.3) is 5.91 Å². The van der Waals surface area contributed by atoms with Crippen LogP contribution in [-0.2, 0) is 4.74 Å². The molecule has 2 N–H and O–H groups in total. The Morgan fingerprint density at radius 3 is 2.56 bits per heavy atom. The summed E-state index contributed by atoms with van der Waals surface area (Å²) < 4.78 is 10.9. The van der Waals surface area contributed by atoms with Crippen molar-refractivity contribution in [3.05, 3.63) is 64.9 Å². The van der Waals surface area contributed by atoms with E-state index in [-0.39, 0.29) is 33.2 Å². The number of amides is 1. The zero-order valence-electron chi connectivity index (χ0n) is 23.5. The summed E-state index contributed by atoms with van der Waals surface area (Å²) >= 11 is 13.4. The number of morpholine rings is 1. The summed E-state index contributed by atoms with van der Waals surface area (Å²) in [6.07, 6.45) is 8.21. The summed E-state index contributed by atoms with van der Waals surface area (Å²) in [5, 5.41) is 6.49. The van der Waals surface area contributed by atoms with E-state index in [9.17, 15) is 4.79 Å². The Morgan fingerprint density at radius 2 is 1.84 bits per heavy atom. The van der Waals surface area contributed by atoms with E-state index in [2.05, 4.69) is 40.5 Å². The van der Waals surface area contributed by atoms with Crippen LogP contribution in [-0.4, -0.2) is 77.3 Å². The van der Waals surface area contributed by atoms with Crippen molar-refractivity contribution < 1.29 is 14.3 Å². The van der Waals surface area contributed by atoms with Crippen LogP contribution in [0.15, 0.2) is 49.3 Å². The number of carbonyl (C=O) groups excluding carboxylic acids is 1. The predicted molar refractivity (Wildman–Crippen MR) is 165 cm³/mol. The molecule has 12 nitrogen and oxygen atoms in total. The van der Waals surface area contributed by atoms with Gasteiger partial charge in [0, 0.05) is 38.4 Å². The van der Waals surface area contributed by atoms with Gasteiger partial charge in [-0.1, -0.05) is 23.2 Å². The first-order chi connectivity index (χ1) is 20.9. The lowest BCUT2D eigenvalue weighted by atomic mass is 10.1. The Hall–Kier alpha value is -4.26. The summed E-state index contributed by atoms with van der Waals surface area (Å²) in [6.45, 7) is 3.09. The molecule has 6 rings (SSSR count). The number of hydrogen-bond acceptors (Lipinski definition) is 11. The third kappa shape index (κ3) is 6.26. The van der Waals surface area contributed by atoms with Gasteiger partial charge < -0.3 is 29.9 Å². The third-order valence-electron chi connectivity index (χ3n) is 7.22. The van der Waals surface area contributed by atoms with Gasteiger partial charge in [0.05, 0.1) is 59.7 Å². The molecule has 2 aliphatic rings. The molecular formula is C29H29Cl2N9O3. The number of rotatable bonds is 9. The average molecular weight is 623 g/mol. The molecule has 14 heteroatoms. The summed E-state index contributed by atoms with van der Waals surface area (Å²) in [6, 6.07) is 7.49. The molecule has 1 aromatic carbocycles. The largest absolute Gasteiger partial charge is 0.495 e. The van der Waals surface area contributed by atoms with Gasteiger partial charge in [-0.3, -0.25) is 4.79 Å². The van der Waals surface area contributed by atoms with Crippen molar-refractivity contribution in [3.8, 4) is 17.0 Å². The van der Waals surface area contributed by atoms with Crippen molar-refractivity contribution >= 4 is 57.9 Å². The zero-order valence-corrected chi connectivity index (χ0v) is 25.1. The van der Waals surface area contributed by atoms with Crippen molar-refractivity contribution in [1.82, 2.24) is 30.2 Å². The molecule has 1 saturated carbocycles. The van der Waals surface area contributed by atoms with E-state index in [0.717, 1.165) is 37.4 Å². The Labute approximate surface area is 258 Å². The highest BCUT2D eigenvalue weighted by Gasteiger charge is 2.28. The number of halogens is 2. The first-order valence-electron chi connectivity index (χ1n) is 13.7. The van der Waals surface area contributed by atoms with Gasteiger partial charge >= 0.3 is 0 Å². The number of nitrogens with one attached hydrogen (secondary N) is 2. The number of anilines is 5. The SMILES string of the molecule is COc1cc(C(=O)NC2CC2)c(Cl)c(Nc2ncncc2-c2cc(N(C)c3ccc(N4CCOCC4)cn3)ncn2)c1Cl. The number of benzene rings is 1. The Balaban J connectivity index is 1.28. The number of aromatic nitrogens is 5. The monoisotopic (exact) mass is 621 g/mol. The van der Waals surface area contributed by atoms with Crippen LogP contribution in [0.2, 0.25) is 10.0 Å². The minimum atomic E-state index is -0.302. The van der Waals surface area contributed by atoms with E-state index in [1.165, 1.54) is 25.8 Å². The molecule has 222 valence electrons. The lowest BCUT2D eigenvalue weighted by Gasteiger charge is -2.29. The lowest BCUT2D eigenvalue weighted by Crippen LogP contribution is -2.36. The molecule has 0 unspecified atom stereocenters. The van der Waals surface area contributed by atoms with Crippen molar-refractivity contribution in [3.63, 3.8) is 0 Å². The van der Waals surface area contributed by atoms with E-state index >= 15 is 0 Å². The molecule has 3 aromatic heterocycles. The van der Waals surface area contributed by atoms with Crippen LogP contribution in [0, 0.1) is 0 Å². The number of hydrogen-bond donors (Lipinski definition) is 2. The van der Waals surface area contributed by atoms with E-state index < -0.39 is 0 Å². The van der Waals surface area contributed by atoms with Crippen LogP contribution in [0.5, 0.6) is 5.75 Å². The van der Waals surface area contributed by atoms with Crippen LogP contribution in [0.4, 0.5) is 28.8 Å². The average Bonchev–Trinajstić information content (AvgIpc) is 3.87. The van der Waals surface area contributed by atoms with Crippen LogP contribution in [0.1, 0.15) is 23.2 Å². The van der Waals surface area contributed by atoms with Crippen LogP contribution >= 0.6 is 23.2 Å². The normalized spacial score (nSPS) is 14.7. The summed E-state index contributed by atoms with van der Waals surface area (Å²) in [5.74, 6) is 1.70. The second kappa shape index (κ2) is 12.5. The molecule has 1 aliphatic carbocycles. The molecule has 0 bridgehead atoms. The summed E-state index contributed by atoms with van der Waals surface area (Å²) in [5.41, 5.74) is 2.68. The van der Waals surface area contributed by atoms with E-state index in [1.54, 1.807) is 6.20 Å². The van der Waals surface area contributed by atoms with Gasteiger partial charge in [0.2, 0.25) is 0 Å². The quantitative estimate of drug-likeness (QED) is 0.265. The second-order valence-corrected chi connectivity index (χ2v) is 10.8. The maximum atomic E-state index is 12.9. The standard InChI is InChI=1S/C29H29Cl2N9O3/c1-39(23-6-5-18(13-33-23)40-7-9-43-10-8-40)24-12-21(34-16-35-24)20-14-32-15-36-28(20)38-27-25(30)19(11-22(42-2)26(27)31)29(41)37-17-3-4-17/h5-6,11-17H,3-4,7-10H2,1-2H3,(H,37,41)(H,32,36,38). The Bertz CT molecular complexity index is 1630.